The van der Waals surface area contributed by atoms with Crippen LogP contribution in [0.5, 0.6) is 0 Å². The Morgan fingerprint density at radius 2 is 1.81 bits per heavy atom. The van der Waals surface area contributed by atoms with Gasteiger partial charge in [0.1, 0.15) is 0 Å². The summed E-state index contributed by atoms with van der Waals surface area (Å²) in [7, 11) is 0. The molecule has 0 saturated carbocycles. The molecule has 0 aliphatic heterocycles. The fourth-order valence-corrected chi connectivity index (χ4v) is 2.07. The molecule has 0 heterocycles. The van der Waals surface area contributed by atoms with Gasteiger partial charge in [-0.25, -0.2) is 4.79 Å². The van der Waals surface area contributed by atoms with E-state index in [0.717, 1.165) is 5.56 Å². The maximum atomic E-state index is 12.2. The van der Waals surface area contributed by atoms with E-state index in [1.807, 2.05) is 0 Å². The minimum Gasteiger partial charge on any atom is -0.478 e. The zero-order valence-corrected chi connectivity index (χ0v) is 12.5. The van der Waals surface area contributed by atoms with E-state index in [1.54, 1.807) is 25.1 Å². The maximum Gasteiger partial charge on any atom is 0.337 e. The number of benzene rings is 2. The van der Waals surface area contributed by atoms with Gasteiger partial charge in [-0.1, -0.05) is 23.2 Å². The third-order valence-electron chi connectivity index (χ3n) is 2.88. The Kier molecular flexibility index (Phi) is 4.50. The van der Waals surface area contributed by atoms with Gasteiger partial charge < -0.3 is 10.4 Å². The Bertz CT molecular complexity index is 729. The number of hydrogen-bond acceptors (Lipinski definition) is 2. The second kappa shape index (κ2) is 6.16. The van der Waals surface area contributed by atoms with Crippen molar-refractivity contribution in [3.63, 3.8) is 0 Å². The number of nitrogens with one attached hydrogen (secondary N) is 1. The van der Waals surface area contributed by atoms with E-state index in [2.05, 4.69) is 5.32 Å². The SMILES string of the molecule is Cc1cc(C(=O)Nc2ccc(Cl)cc2C(=O)O)ccc1Cl. The number of carbonyl (C=O) groups is 2. The van der Waals surface area contributed by atoms with E-state index in [-0.39, 0.29) is 16.3 Å². The van der Waals surface area contributed by atoms with Crippen LogP contribution in [0.1, 0.15) is 26.3 Å². The van der Waals surface area contributed by atoms with Gasteiger partial charge in [0.05, 0.1) is 11.3 Å². The molecule has 0 aliphatic carbocycles. The summed E-state index contributed by atoms with van der Waals surface area (Å²) in [5, 5.41) is 12.5. The largest absolute Gasteiger partial charge is 0.478 e. The van der Waals surface area contributed by atoms with Gasteiger partial charge in [0.2, 0.25) is 0 Å². The summed E-state index contributed by atoms with van der Waals surface area (Å²) in [5.74, 6) is -1.58. The van der Waals surface area contributed by atoms with E-state index in [1.165, 1.54) is 18.2 Å². The molecule has 0 aromatic heterocycles. The van der Waals surface area contributed by atoms with Crippen molar-refractivity contribution in [2.75, 3.05) is 5.32 Å². The predicted octanol–water partition coefficient (Wildman–Crippen LogP) is 4.25. The van der Waals surface area contributed by atoms with E-state index >= 15 is 0 Å². The number of aryl methyl sites for hydroxylation is 1. The molecule has 108 valence electrons. The van der Waals surface area contributed by atoms with Crippen LogP contribution in [0.15, 0.2) is 36.4 Å². The van der Waals surface area contributed by atoms with Crippen LogP contribution in [-0.2, 0) is 0 Å². The number of carboxylic acid groups (broad SMARTS) is 1. The smallest absolute Gasteiger partial charge is 0.337 e. The normalized spacial score (nSPS) is 10.2. The van der Waals surface area contributed by atoms with E-state index < -0.39 is 11.9 Å². The number of rotatable bonds is 3. The first kappa shape index (κ1) is 15.4. The van der Waals surface area contributed by atoms with Crippen molar-refractivity contribution in [1.82, 2.24) is 0 Å². The molecule has 4 nitrogen and oxygen atoms in total. The topological polar surface area (TPSA) is 66.4 Å². The molecule has 2 aromatic carbocycles. The first-order chi connectivity index (χ1) is 9.88. The van der Waals surface area contributed by atoms with Crippen LogP contribution < -0.4 is 5.32 Å². The van der Waals surface area contributed by atoms with Gasteiger partial charge in [0.15, 0.2) is 0 Å². The van der Waals surface area contributed by atoms with Crippen molar-refractivity contribution < 1.29 is 14.7 Å². The number of carboxylic acids is 1. The van der Waals surface area contributed by atoms with Gasteiger partial charge in [-0.2, -0.15) is 0 Å². The zero-order chi connectivity index (χ0) is 15.6. The number of halogens is 2. The van der Waals surface area contributed by atoms with Gasteiger partial charge in [0, 0.05) is 15.6 Å². The van der Waals surface area contributed by atoms with Gasteiger partial charge >= 0.3 is 5.97 Å². The Hall–Kier alpha value is -2.04. The van der Waals surface area contributed by atoms with Crippen LogP contribution in [-0.4, -0.2) is 17.0 Å². The Morgan fingerprint density at radius 1 is 1.10 bits per heavy atom. The first-order valence-electron chi connectivity index (χ1n) is 5.99. The predicted molar refractivity (Wildman–Crippen MR) is 82.6 cm³/mol. The Labute approximate surface area is 131 Å². The van der Waals surface area contributed by atoms with Crippen molar-refractivity contribution in [3.05, 3.63) is 63.1 Å². The summed E-state index contributed by atoms with van der Waals surface area (Å²) in [5.41, 5.74) is 1.27. The highest BCUT2D eigenvalue weighted by Crippen LogP contribution is 2.22. The number of amides is 1. The molecule has 0 saturated heterocycles. The molecule has 0 unspecified atom stereocenters. The number of anilines is 1. The summed E-state index contributed by atoms with van der Waals surface area (Å²) in [6.07, 6.45) is 0. The fourth-order valence-electron chi connectivity index (χ4n) is 1.78. The minimum absolute atomic E-state index is 0.0680. The lowest BCUT2D eigenvalue weighted by Gasteiger charge is -2.09. The molecule has 0 bridgehead atoms. The van der Waals surface area contributed by atoms with Crippen molar-refractivity contribution in [2.24, 2.45) is 0 Å². The van der Waals surface area contributed by atoms with E-state index in [0.29, 0.717) is 10.6 Å². The summed E-state index contributed by atoms with van der Waals surface area (Å²) < 4.78 is 0. The highest BCUT2D eigenvalue weighted by atomic mass is 35.5. The quantitative estimate of drug-likeness (QED) is 0.887. The second-order valence-corrected chi connectivity index (χ2v) is 5.26. The average molecular weight is 324 g/mol. The van der Waals surface area contributed by atoms with Gasteiger partial charge in [0.25, 0.3) is 5.91 Å². The number of hydrogen-bond donors (Lipinski definition) is 2. The first-order valence-corrected chi connectivity index (χ1v) is 6.74. The van der Waals surface area contributed by atoms with Gasteiger partial charge in [-0.3, -0.25) is 4.79 Å². The maximum absolute atomic E-state index is 12.2. The van der Waals surface area contributed by atoms with Gasteiger partial charge in [-0.15, -0.1) is 0 Å². The molecule has 1 amide bonds. The Balaban J connectivity index is 2.31. The van der Waals surface area contributed by atoms with Crippen molar-refractivity contribution >= 4 is 40.8 Å². The zero-order valence-electron chi connectivity index (χ0n) is 11.0. The average Bonchev–Trinajstić information content (AvgIpc) is 2.43. The molecule has 2 rings (SSSR count). The van der Waals surface area contributed by atoms with E-state index in [9.17, 15) is 9.59 Å². The lowest BCUT2D eigenvalue weighted by atomic mass is 10.1. The van der Waals surface area contributed by atoms with Crippen molar-refractivity contribution in [1.29, 1.82) is 0 Å². The molecular weight excluding hydrogens is 313 g/mol. The van der Waals surface area contributed by atoms with Crippen LogP contribution in [0.25, 0.3) is 0 Å². The third kappa shape index (κ3) is 3.54. The second-order valence-electron chi connectivity index (χ2n) is 4.41. The number of aromatic carboxylic acids is 1. The fraction of sp³-hybridized carbons (Fsp3) is 0.0667. The molecular formula is C15H11Cl2NO3. The highest BCUT2D eigenvalue weighted by molar-refractivity contribution is 6.31. The number of carbonyl (C=O) groups excluding carboxylic acids is 1. The van der Waals surface area contributed by atoms with E-state index in [4.69, 9.17) is 28.3 Å². The van der Waals surface area contributed by atoms with Crippen LogP contribution in [0.3, 0.4) is 0 Å². The molecule has 0 atom stereocenters. The van der Waals surface area contributed by atoms with Crippen LogP contribution >= 0.6 is 23.2 Å². The van der Waals surface area contributed by atoms with Crippen LogP contribution in [0, 0.1) is 6.92 Å². The van der Waals surface area contributed by atoms with Crippen molar-refractivity contribution in [2.45, 2.75) is 6.92 Å². The summed E-state index contributed by atoms with van der Waals surface area (Å²) >= 11 is 11.7. The standard InChI is InChI=1S/C15H11Cl2NO3/c1-8-6-9(2-4-12(8)17)14(19)18-13-5-3-10(16)7-11(13)15(20)21/h2-7H,1H3,(H,18,19)(H,20,21). The van der Waals surface area contributed by atoms with Crippen molar-refractivity contribution in [3.8, 4) is 0 Å². The monoisotopic (exact) mass is 323 g/mol. The van der Waals surface area contributed by atoms with Crippen LogP contribution in [0.2, 0.25) is 10.0 Å². The molecule has 0 radical (unpaired) electrons. The molecule has 0 aliphatic rings. The molecule has 0 spiro atoms. The van der Waals surface area contributed by atoms with Crippen LogP contribution in [0.4, 0.5) is 5.69 Å². The highest BCUT2D eigenvalue weighted by Gasteiger charge is 2.14. The molecule has 2 aromatic rings. The molecule has 0 fully saturated rings. The molecule has 6 heteroatoms. The molecule has 21 heavy (non-hydrogen) atoms. The Morgan fingerprint density at radius 3 is 2.43 bits per heavy atom. The summed E-state index contributed by atoms with van der Waals surface area (Å²) in [4.78, 5) is 23.3. The summed E-state index contributed by atoms with van der Waals surface area (Å²) in [6.45, 7) is 1.78. The lowest BCUT2D eigenvalue weighted by molar-refractivity contribution is 0.0698. The lowest BCUT2D eigenvalue weighted by Crippen LogP contribution is -2.15. The summed E-state index contributed by atoms with van der Waals surface area (Å²) in [6, 6.07) is 9.07. The molecule has 2 N–H and O–H groups in total. The van der Waals surface area contributed by atoms with Gasteiger partial charge in [-0.05, 0) is 48.9 Å². The minimum atomic E-state index is -1.17. The third-order valence-corrected chi connectivity index (χ3v) is 3.54.